The highest BCUT2D eigenvalue weighted by Gasteiger charge is 2.25. The molecule has 2 aromatic rings. The van der Waals surface area contributed by atoms with Gasteiger partial charge in [-0.3, -0.25) is 14.3 Å². The third-order valence-corrected chi connectivity index (χ3v) is 3.42. The summed E-state index contributed by atoms with van der Waals surface area (Å²) in [6.45, 7) is 0. The smallest absolute Gasteiger partial charge is 0.330 e. The van der Waals surface area contributed by atoms with Crippen LogP contribution in [0.15, 0.2) is 39.9 Å². The number of H-pyrrole nitrogens is 1. The minimum atomic E-state index is -0.458. The second-order valence-corrected chi connectivity index (χ2v) is 4.49. The number of nitrogens with one attached hydrogen (secondary N) is 1. The van der Waals surface area contributed by atoms with E-state index in [2.05, 4.69) is 11.1 Å². The van der Waals surface area contributed by atoms with E-state index in [9.17, 15) is 9.59 Å². The van der Waals surface area contributed by atoms with Gasteiger partial charge in [-0.25, -0.2) is 4.79 Å². The van der Waals surface area contributed by atoms with Gasteiger partial charge in [0.15, 0.2) is 0 Å². The first-order valence-corrected chi connectivity index (χ1v) is 5.86. The van der Waals surface area contributed by atoms with Gasteiger partial charge in [0, 0.05) is 6.07 Å². The molecule has 0 amide bonds. The summed E-state index contributed by atoms with van der Waals surface area (Å²) in [5, 5.41) is 0. The van der Waals surface area contributed by atoms with Crippen molar-refractivity contribution in [1.82, 2.24) is 9.55 Å². The highest BCUT2D eigenvalue weighted by molar-refractivity contribution is 5.38. The van der Waals surface area contributed by atoms with Crippen molar-refractivity contribution in [2.45, 2.75) is 18.9 Å². The van der Waals surface area contributed by atoms with E-state index in [4.69, 9.17) is 5.73 Å². The molecular formula is C13H13N3O2. The first-order chi connectivity index (χ1) is 8.66. The number of benzene rings is 1. The zero-order valence-electron chi connectivity index (χ0n) is 9.72. The average molecular weight is 243 g/mol. The molecule has 0 fully saturated rings. The monoisotopic (exact) mass is 243 g/mol. The summed E-state index contributed by atoms with van der Waals surface area (Å²) in [7, 11) is 0. The number of nitrogen functional groups attached to an aromatic ring is 1. The van der Waals surface area contributed by atoms with E-state index < -0.39 is 11.2 Å². The van der Waals surface area contributed by atoms with E-state index in [1.807, 2.05) is 18.2 Å². The van der Waals surface area contributed by atoms with Crippen molar-refractivity contribution in [3.63, 3.8) is 0 Å². The predicted octanol–water partition coefficient (Wildman–Crippen LogP) is 0.654. The molecule has 1 aromatic carbocycles. The molecule has 18 heavy (non-hydrogen) atoms. The number of nitrogens with two attached hydrogens (primary N) is 1. The van der Waals surface area contributed by atoms with Crippen LogP contribution in [0.2, 0.25) is 0 Å². The summed E-state index contributed by atoms with van der Waals surface area (Å²) >= 11 is 0. The van der Waals surface area contributed by atoms with Crippen molar-refractivity contribution < 1.29 is 0 Å². The van der Waals surface area contributed by atoms with Gasteiger partial charge in [-0.1, -0.05) is 24.3 Å². The second-order valence-electron chi connectivity index (χ2n) is 4.49. The third-order valence-electron chi connectivity index (χ3n) is 3.42. The van der Waals surface area contributed by atoms with Gasteiger partial charge < -0.3 is 5.73 Å². The molecule has 1 atom stereocenters. The molecule has 3 N–H and O–H groups in total. The summed E-state index contributed by atoms with van der Waals surface area (Å²) in [5.41, 5.74) is 7.25. The van der Waals surface area contributed by atoms with E-state index in [1.165, 1.54) is 16.2 Å². The Bertz CT molecular complexity index is 715. The Hall–Kier alpha value is -2.30. The SMILES string of the molecule is Nc1cc(=O)[nH]c(=O)n1[C@@H]1CCc2ccccc21. The topological polar surface area (TPSA) is 80.9 Å². The lowest BCUT2D eigenvalue weighted by Crippen LogP contribution is -2.33. The van der Waals surface area contributed by atoms with Gasteiger partial charge >= 0.3 is 5.69 Å². The Labute approximate surface area is 103 Å². The third kappa shape index (κ3) is 1.55. The number of fused-ring (bicyclic) bond motifs is 1. The molecule has 1 aliphatic carbocycles. The van der Waals surface area contributed by atoms with Crippen molar-refractivity contribution in [2.24, 2.45) is 0 Å². The number of aromatic nitrogens is 2. The zero-order valence-corrected chi connectivity index (χ0v) is 9.72. The molecule has 5 heteroatoms. The molecule has 0 saturated heterocycles. The maximum Gasteiger partial charge on any atom is 0.330 e. The largest absolute Gasteiger partial charge is 0.385 e. The van der Waals surface area contributed by atoms with Crippen molar-refractivity contribution >= 4 is 5.82 Å². The van der Waals surface area contributed by atoms with Crippen LogP contribution in [0.1, 0.15) is 23.6 Å². The lowest BCUT2D eigenvalue weighted by molar-refractivity contribution is 0.554. The number of nitrogens with zero attached hydrogens (tertiary/aromatic N) is 1. The first-order valence-electron chi connectivity index (χ1n) is 5.86. The van der Waals surface area contributed by atoms with E-state index in [0.717, 1.165) is 18.4 Å². The van der Waals surface area contributed by atoms with Crippen molar-refractivity contribution in [2.75, 3.05) is 5.73 Å². The number of hydrogen-bond acceptors (Lipinski definition) is 3. The number of hydrogen-bond donors (Lipinski definition) is 2. The molecule has 1 aliphatic rings. The Balaban J connectivity index is 2.19. The minimum absolute atomic E-state index is 0.0782. The molecule has 92 valence electrons. The molecule has 0 spiro atoms. The minimum Gasteiger partial charge on any atom is -0.385 e. The molecule has 0 saturated carbocycles. The Morgan fingerprint density at radius 2 is 2.06 bits per heavy atom. The van der Waals surface area contributed by atoms with Crippen LogP contribution >= 0.6 is 0 Å². The molecule has 3 rings (SSSR count). The Morgan fingerprint density at radius 1 is 1.28 bits per heavy atom. The molecule has 0 bridgehead atoms. The first kappa shape index (κ1) is 10.8. The van der Waals surface area contributed by atoms with Gasteiger partial charge in [-0.05, 0) is 24.0 Å². The fourth-order valence-corrected chi connectivity index (χ4v) is 2.65. The van der Waals surface area contributed by atoms with E-state index >= 15 is 0 Å². The Kier molecular flexibility index (Phi) is 2.33. The number of aryl methyl sites for hydroxylation is 1. The normalized spacial score (nSPS) is 17.7. The maximum atomic E-state index is 11.9. The molecule has 0 aliphatic heterocycles. The quantitative estimate of drug-likeness (QED) is 0.771. The highest BCUT2D eigenvalue weighted by Crippen LogP contribution is 2.33. The lowest BCUT2D eigenvalue weighted by Gasteiger charge is -2.16. The van der Waals surface area contributed by atoms with E-state index in [-0.39, 0.29) is 11.9 Å². The lowest BCUT2D eigenvalue weighted by atomic mass is 10.1. The molecule has 0 radical (unpaired) electrons. The molecule has 5 nitrogen and oxygen atoms in total. The van der Waals surface area contributed by atoms with Gasteiger partial charge in [-0.15, -0.1) is 0 Å². The van der Waals surface area contributed by atoms with E-state index in [1.54, 1.807) is 0 Å². The van der Waals surface area contributed by atoms with Gasteiger partial charge in [0.05, 0.1) is 6.04 Å². The number of anilines is 1. The fourth-order valence-electron chi connectivity index (χ4n) is 2.65. The summed E-state index contributed by atoms with van der Waals surface area (Å²) in [4.78, 5) is 25.3. The number of rotatable bonds is 1. The van der Waals surface area contributed by atoms with Gasteiger partial charge in [0.1, 0.15) is 5.82 Å². The molecule has 1 heterocycles. The van der Waals surface area contributed by atoms with Crippen molar-refractivity contribution in [1.29, 1.82) is 0 Å². The second kappa shape index (κ2) is 3.87. The maximum absolute atomic E-state index is 11.9. The van der Waals surface area contributed by atoms with Crippen LogP contribution < -0.4 is 17.0 Å². The van der Waals surface area contributed by atoms with Crippen LogP contribution in [-0.4, -0.2) is 9.55 Å². The van der Waals surface area contributed by atoms with Crippen LogP contribution in [0.25, 0.3) is 0 Å². The predicted molar refractivity (Wildman–Crippen MR) is 68.6 cm³/mol. The van der Waals surface area contributed by atoms with Crippen LogP contribution in [0.4, 0.5) is 5.82 Å². The number of aromatic amines is 1. The van der Waals surface area contributed by atoms with Gasteiger partial charge in [-0.2, -0.15) is 0 Å². The van der Waals surface area contributed by atoms with Crippen LogP contribution in [0.5, 0.6) is 0 Å². The fraction of sp³-hybridized carbons (Fsp3) is 0.231. The molecule has 1 aromatic heterocycles. The van der Waals surface area contributed by atoms with Crippen LogP contribution in [0.3, 0.4) is 0 Å². The molecule has 0 unspecified atom stereocenters. The summed E-state index contributed by atoms with van der Waals surface area (Å²) < 4.78 is 1.47. The van der Waals surface area contributed by atoms with E-state index in [0.29, 0.717) is 0 Å². The van der Waals surface area contributed by atoms with Crippen molar-refractivity contribution in [3.8, 4) is 0 Å². The molecular weight excluding hydrogens is 230 g/mol. The Morgan fingerprint density at radius 3 is 2.83 bits per heavy atom. The van der Waals surface area contributed by atoms with Crippen molar-refractivity contribution in [3.05, 3.63) is 62.3 Å². The summed E-state index contributed by atoms with van der Waals surface area (Å²) in [6.07, 6.45) is 1.75. The van der Waals surface area contributed by atoms with Gasteiger partial charge in [0.25, 0.3) is 5.56 Å². The van der Waals surface area contributed by atoms with Crippen LogP contribution in [0, 0.1) is 0 Å². The average Bonchev–Trinajstić information content (AvgIpc) is 2.72. The van der Waals surface area contributed by atoms with Crippen LogP contribution in [-0.2, 0) is 6.42 Å². The highest BCUT2D eigenvalue weighted by atomic mass is 16.2. The summed E-state index contributed by atoms with van der Waals surface area (Å²) in [5.74, 6) is 0.213. The summed E-state index contributed by atoms with van der Waals surface area (Å²) in [6, 6.07) is 9.17. The zero-order chi connectivity index (χ0) is 12.7. The standard InChI is InChI=1S/C13H13N3O2/c14-11-7-12(17)15-13(18)16(11)10-6-5-8-3-1-2-4-9(8)10/h1-4,7,10H,5-6,14H2,(H,15,17,18)/t10-/m1/s1. The van der Waals surface area contributed by atoms with Gasteiger partial charge in [0.2, 0.25) is 0 Å².